The Morgan fingerprint density at radius 1 is 0.795 bits per heavy atom. The first kappa shape index (κ1) is 29.4. The van der Waals surface area contributed by atoms with Gasteiger partial charge in [-0.25, -0.2) is 0 Å². The van der Waals surface area contributed by atoms with Crippen molar-refractivity contribution >= 4 is 51.0 Å². The predicted molar refractivity (Wildman–Crippen MR) is 168 cm³/mol. The van der Waals surface area contributed by atoms with Crippen molar-refractivity contribution in [3.63, 3.8) is 0 Å². The van der Waals surface area contributed by atoms with E-state index in [-0.39, 0.29) is 34.3 Å². The number of phenols is 1. The minimum atomic E-state index is -0.605. The standard InChI is InChI=1S/C33H27N5O6/c1-19-4-9-23(10-5-19)34-32(40)21-8-14-26-22(16-21)17-27(33(41)35-24-11-6-20(2)7-12-24)31(39)30(26)37-36-28-15-13-25(38(42)43)18-29(28)44-3/h4-18,39H,1-3H3,(H,34,40)(H,35,41)/b37-36+. The quantitative estimate of drug-likeness (QED) is 0.0946. The predicted octanol–water partition coefficient (Wildman–Crippen LogP) is 8.00. The first-order valence-corrected chi connectivity index (χ1v) is 13.4. The molecule has 0 unspecified atom stereocenters. The molecule has 5 aromatic rings. The Balaban J connectivity index is 1.58. The van der Waals surface area contributed by atoms with Gasteiger partial charge in [0, 0.05) is 28.4 Å². The molecule has 0 aliphatic heterocycles. The van der Waals surface area contributed by atoms with Gasteiger partial charge in [0.05, 0.1) is 23.7 Å². The maximum absolute atomic E-state index is 13.4. The summed E-state index contributed by atoms with van der Waals surface area (Å²) in [5.41, 5.74) is 3.35. The van der Waals surface area contributed by atoms with Crippen LogP contribution in [-0.2, 0) is 0 Å². The number of nitrogens with zero attached hydrogens (tertiary/aromatic N) is 3. The number of carbonyl (C=O) groups is 2. The van der Waals surface area contributed by atoms with E-state index < -0.39 is 16.6 Å². The van der Waals surface area contributed by atoms with Crippen LogP contribution in [0.3, 0.4) is 0 Å². The van der Waals surface area contributed by atoms with E-state index in [1.165, 1.54) is 31.4 Å². The zero-order valence-corrected chi connectivity index (χ0v) is 24.0. The molecule has 220 valence electrons. The van der Waals surface area contributed by atoms with Crippen molar-refractivity contribution < 1.29 is 24.4 Å². The molecule has 3 N–H and O–H groups in total. The van der Waals surface area contributed by atoms with E-state index in [9.17, 15) is 24.8 Å². The number of non-ortho nitro benzene ring substituents is 1. The molecule has 0 atom stereocenters. The molecule has 0 aromatic heterocycles. The molecule has 0 aliphatic carbocycles. The third-order valence-corrected chi connectivity index (χ3v) is 6.84. The van der Waals surface area contributed by atoms with Crippen molar-refractivity contribution in [2.24, 2.45) is 10.2 Å². The number of aromatic hydroxyl groups is 1. The van der Waals surface area contributed by atoms with Crippen LogP contribution in [0.25, 0.3) is 10.8 Å². The molecule has 0 bridgehead atoms. The lowest BCUT2D eigenvalue weighted by atomic mass is 10.00. The number of nitrogens with one attached hydrogen (secondary N) is 2. The number of benzene rings is 5. The summed E-state index contributed by atoms with van der Waals surface area (Å²) in [6.07, 6.45) is 0. The van der Waals surface area contributed by atoms with E-state index in [4.69, 9.17) is 4.74 Å². The van der Waals surface area contributed by atoms with Gasteiger partial charge in [-0.05, 0) is 67.8 Å². The summed E-state index contributed by atoms with van der Waals surface area (Å²) in [6, 6.07) is 24.6. The van der Waals surface area contributed by atoms with Crippen LogP contribution in [0.5, 0.6) is 11.5 Å². The van der Waals surface area contributed by atoms with E-state index in [2.05, 4.69) is 20.9 Å². The Hall–Kier alpha value is -6.10. The van der Waals surface area contributed by atoms with Gasteiger partial charge in [-0.15, -0.1) is 10.2 Å². The second-order valence-electron chi connectivity index (χ2n) is 10.0. The van der Waals surface area contributed by atoms with Gasteiger partial charge in [-0.1, -0.05) is 41.5 Å². The third kappa shape index (κ3) is 6.36. The van der Waals surface area contributed by atoms with Crippen LogP contribution in [-0.4, -0.2) is 29.0 Å². The van der Waals surface area contributed by atoms with Crippen LogP contribution in [0, 0.1) is 24.0 Å². The second-order valence-corrected chi connectivity index (χ2v) is 10.0. The van der Waals surface area contributed by atoms with E-state index in [0.717, 1.165) is 11.1 Å². The molecule has 44 heavy (non-hydrogen) atoms. The number of anilines is 2. The molecule has 5 rings (SSSR count). The summed E-state index contributed by atoms with van der Waals surface area (Å²) in [4.78, 5) is 37.1. The molecule has 2 amide bonds. The first-order valence-electron chi connectivity index (χ1n) is 13.4. The highest BCUT2D eigenvalue weighted by molar-refractivity contribution is 6.13. The molecule has 0 aliphatic rings. The maximum Gasteiger partial charge on any atom is 0.273 e. The monoisotopic (exact) mass is 589 g/mol. The average Bonchev–Trinajstić information content (AvgIpc) is 3.02. The summed E-state index contributed by atoms with van der Waals surface area (Å²) in [6.45, 7) is 3.87. The van der Waals surface area contributed by atoms with Gasteiger partial charge in [0.25, 0.3) is 17.5 Å². The fourth-order valence-electron chi connectivity index (χ4n) is 4.43. The van der Waals surface area contributed by atoms with Crippen LogP contribution in [0.2, 0.25) is 0 Å². The molecule has 0 radical (unpaired) electrons. The Morgan fingerprint density at radius 2 is 1.41 bits per heavy atom. The van der Waals surface area contributed by atoms with Crippen LogP contribution in [0.15, 0.2) is 101 Å². The number of nitro groups is 1. The minimum absolute atomic E-state index is 0.0394. The van der Waals surface area contributed by atoms with Gasteiger partial charge in [-0.2, -0.15) is 0 Å². The SMILES string of the molecule is COc1cc([N+](=O)[O-])ccc1/N=N/c1c(O)c(C(=O)Nc2ccc(C)cc2)cc2cc(C(=O)Nc3ccc(C)cc3)ccc12. The number of azo groups is 1. The van der Waals surface area contributed by atoms with Crippen LogP contribution < -0.4 is 15.4 Å². The number of rotatable bonds is 8. The van der Waals surface area contributed by atoms with Crippen molar-refractivity contribution in [1.82, 2.24) is 0 Å². The van der Waals surface area contributed by atoms with E-state index >= 15 is 0 Å². The normalized spacial score (nSPS) is 11.0. The Kier molecular flexibility index (Phi) is 8.29. The minimum Gasteiger partial charge on any atom is -0.505 e. The molecule has 11 heteroatoms. The highest BCUT2D eigenvalue weighted by Crippen LogP contribution is 2.41. The Bertz CT molecular complexity index is 1940. The molecule has 0 saturated carbocycles. The van der Waals surface area contributed by atoms with Gasteiger partial charge in [0.1, 0.15) is 11.4 Å². The van der Waals surface area contributed by atoms with Crippen molar-refractivity contribution in [3.8, 4) is 11.5 Å². The number of aryl methyl sites for hydroxylation is 2. The summed E-state index contributed by atoms with van der Waals surface area (Å²) in [5.74, 6) is -1.32. The van der Waals surface area contributed by atoms with Gasteiger partial charge in [-0.3, -0.25) is 19.7 Å². The van der Waals surface area contributed by atoms with E-state index in [1.807, 2.05) is 38.1 Å². The highest BCUT2D eigenvalue weighted by Gasteiger charge is 2.20. The summed E-state index contributed by atoms with van der Waals surface area (Å²) >= 11 is 0. The molecule has 5 aromatic carbocycles. The number of hydrogen-bond acceptors (Lipinski definition) is 8. The molecule has 0 heterocycles. The van der Waals surface area contributed by atoms with E-state index in [1.54, 1.807) is 42.5 Å². The molecular formula is C33H27N5O6. The van der Waals surface area contributed by atoms with Gasteiger partial charge in [0.15, 0.2) is 11.5 Å². The summed E-state index contributed by atoms with van der Waals surface area (Å²) in [7, 11) is 1.34. The molecule has 11 nitrogen and oxygen atoms in total. The van der Waals surface area contributed by atoms with Gasteiger partial charge >= 0.3 is 0 Å². The molecule has 0 fully saturated rings. The molecular weight excluding hydrogens is 562 g/mol. The average molecular weight is 590 g/mol. The fraction of sp³-hybridized carbons (Fsp3) is 0.0909. The molecule has 0 spiro atoms. The fourth-order valence-corrected chi connectivity index (χ4v) is 4.43. The van der Waals surface area contributed by atoms with Gasteiger partial charge in [0.2, 0.25) is 0 Å². The third-order valence-electron chi connectivity index (χ3n) is 6.84. The number of nitro benzene ring substituents is 1. The topological polar surface area (TPSA) is 156 Å². The first-order chi connectivity index (χ1) is 21.1. The largest absolute Gasteiger partial charge is 0.505 e. The van der Waals surface area contributed by atoms with Crippen molar-refractivity contribution in [3.05, 3.63) is 123 Å². The summed E-state index contributed by atoms with van der Waals surface area (Å²) in [5, 5.41) is 37.4. The zero-order chi connectivity index (χ0) is 31.4. The summed E-state index contributed by atoms with van der Waals surface area (Å²) < 4.78 is 5.25. The van der Waals surface area contributed by atoms with Gasteiger partial charge < -0.3 is 20.5 Å². The van der Waals surface area contributed by atoms with Crippen LogP contribution in [0.1, 0.15) is 31.8 Å². The Labute approximate surface area is 252 Å². The van der Waals surface area contributed by atoms with Crippen LogP contribution >= 0.6 is 0 Å². The van der Waals surface area contributed by atoms with Crippen molar-refractivity contribution in [2.75, 3.05) is 17.7 Å². The lowest BCUT2D eigenvalue weighted by Gasteiger charge is -2.13. The molecule has 0 saturated heterocycles. The number of ether oxygens (including phenoxy) is 1. The number of amides is 2. The lowest BCUT2D eigenvalue weighted by molar-refractivity contribution is -0.384. The number of hydrogen-bond donors (Lipinski definition) is 3. The number of fused-ring (bicyclic) bond motifs is 1. The second kappa shape index (κ2) is 12.4. The highest BCUT2D eigenvalue weighted by atomic mass is 16.6. The van der Waals surface area contributed by atoms with Crippen molar-refractivity contribution in [2.45, 2.75) is 13.8 Å². The van der Waals surface area contributed by atoms with Crippen LogP contribution in [0.4, 0.5) is 28.4 Å². The smallest absolute Gasteiger partial charge is 0.273 e. The maximum atomic E-state index is 13.4. The number of carbonyl (C=O) groups excluding carboxylic acids is 2. The Morgan fingerprint density at radius 3 is 2.00 bits per heavy atom. The zero-order valence-electron chi connectivity index (χ0n) is 24.0. The lowest BCUT2D eigenvalue weighted by Crippen LogP contribution is -2.13. The van der Waals surface area contributed by atoms with E-state index in [0.29, 0.717) is 27.7 Å². The number of methoxy groups -OCH3 is 1. The van der Waals surface area contributed by atoms with Crippen molar-refractivity contribution in [1.29, 1.82) is 0 Å². The number of phenolic OH excluding ortho intramolecular Hbond substituents is 1.